The molecule has 1 saturated heterocycles. The van der Waals surface area contributed by atoms with Crippen molar-refractivity contribution in [1.29, 1.82) is 0 Å². The van der Waals surface area contributed by atoms with Crippen LogP contribution in [0.2, 0.25) is 0 Å². The fourth-order valence-electron chi connectivity index (χ4n) is 1.62. The van der Waals surface area contributed by atoms with Crippen LogP contribution in [-0.4, -0.2) is 46.5 Å². The molecule has 1 aliphatic heterocycles. The van der Waals surface area contributed by atoms with Crippen LogP contribution in [0.4, 0.5) is 0 Å². The first-order valence-corrected chi connectivity index (χ1v) is 5.10. The monoisotopic (exact) mass is 206 g/mol. The van der Waals surface area contributed by atoms with Crippen molar-refractivity contribution in [2.24, 2.45) is 0 Å². The highest BCUT2D eigenvalue weighted by Crippen LogP contribution is 2.08. The summed E-state index contributed by atoms with van der Waals surface area (Å²) in [5, 5.41) is 3.15. The molecule has 5 nitrogen and oxygen atoms in total. The van der Waals surface area contributed by atoms with Crippen molar-refractivity contribution in [3.63, 3.8) is 0 Å². The van der Waals surface area contributed by atoms with Gasteiger partial charge in [0.2, 0.25) is 0 Å². The Morgan fingerprint density at radius 2 is 2.40 bits per heavy atom. The standard InChI is InChI=1S/C10H14N4O/c1-2-14(8-5-12-6-8)10(15)9-7-11-3-4-13-9/h3-4,7-8,12H,2,5-6H2,1H3. The van der Waals surface area contributed by atoms with Gasteiger partial charge in [0.1, 0.15) is 5.69 Å². The molecule has 0 radical (unpaired) electrons. The van der Waals surface area contributed by atoms with Crippen LogP contribution in [0.3, 0.4) is 0 Å². The van der Waals surface area contributed by atoms with Gasteiger partial charge in [0, 0.05) is 32.0 Å². The Kier molecular flexibility index (Phi) is 2.91. The van der Waals surface area contributed by atoms with E-state index in [9.17, 15) is 4.79 Å². The van der Waals surface area contributed by atoms with E-state index in [0.29, 0.717) is 18.3 Å². The molecule has 80 valence electrons. The second kappa shape index (κ2) is 4.35. The SMILES string of the molecule is CCN(C(=O)c1cnccn1)C1CNC1. The zero-order valence-electron chi connectivity index (χ0n) is 8.68. The lowest BCUT2D eigenvalue weighted by molar-refractivity contribution is 0.0623. The molecule has 1 aromatic heterocycles. The summed E-state index contributed by atoms with van der Waals surface area (Å²) in [6.07, 6.45) is 4.62. The van der Waals surface area contributed by atoms with E-state index in [1.54, 1.807) is 12.4 Å². The van der Waals surface area contributed by atoms with Crippen LogP contribution in [0.15, 0.2) is 18.6 Å². The molecular formula is C10H14N4O. The molecule has 1 aliphatic rings. The van der Waals surface area contributed by atoms with Crippen molar-refractivity contribution in [3.05, 3.63) is 24.3 Å². The van der Waals surface area contributed by atoms with Gasteiger partial charge in [-0.1, -0.05) is 0 Å². The Morgan fingerprint density at radius 3 is 2.87 bits per heavy atom. The molecule has 2 heterocycles. The predicted octanol–water partition coefficient (Wildman–Crippen LogP) is -0.0895. The van der Waals surface area contributed by atoms with Crippen LogP contribution in [0.25, 0.3) is 0 Å². The number of carbonyl (C=O) groups is 1. The molecule has 1 amide bonds. The zero-order chi connectivity index (χ0) is 10.7. The minimum atomic E-state index is -0.0305. The van der Waals surface area contributed by atoms with Crippen LogP contribution in [-0.2, 0) is 0 Å². The molecule has 1 N–H and O–H groups in total. The Hall–Kier alpha value is -1.49. The summed E-state index contributed by atoms with van der Waals surface area (Å²) < 4.78 is 0. The fraction of sp³-hybridized carbons (Fsp3) is 0.500. The molecule has 0 unspecified atom stereocenters. The van der Waals surface area contributed by atoms with E-state index in [4.69, 9.17) is 0 Å². The first-order chi connectivity index (χ1) is 7.33. The van der Waals surface area contributed by atoms with Crippen LogP contribution in [0.5, 0.6) is 0 Å². The number of nitrogens with zero attached hydrogens (tertiary/aromatic N) is 3. The summed E-state index contributed by atoms with van der Waals surface area (Å²) in [4.78, 5) is 21.8. The zero-order valence-corrected chi connectivity index (χ0v) is 8.68. The van der Waals surface area contributed by atoms with Crippen molar-refractivity contribution in [1.82, 2.24) is 20.2 Å². The number of nitrogens with one attached hydrogen (secondary N) is 1. The number of aromatic nitrogens is 2. The molecule has 1 aromatic rings. The van der Waals surface area contributed by atoms with Gasteiger partial charge in [-0.05, 0) is 6.92 Å². The maximum atomic E-state index is 12.0. The average Bonchev–Trinajstić information content (AvgIpc) is 2.23. The van der Waals surface area contributed by atoms with E-state index in [1.165, 1.54) is 6.20 Å². The Balaban J connectivity index is 2.11. The first-order valence-electron chi connectivity index (χ1n) is 5.10. The fourth-order valence-corrected chi connectivity index (χ4v) is 1.62. The number of hydrogen-bond donors (Lipinski definition) is 1. The second-order valence-electron chi connectivity index (χ2n) is 3.49. The lowest BCUT2D eigenvalue weighted by Crippen LogP contribution is -2.58. The average molecular weight is 206 g/mol. The summed E-state index contributed by atoms with van der Waals surface area (Å²) in [5.74, 6) is -0.0305. The van der Waals surface area contributed by atoms with E-state index in [0.717, 1.165) is 13.1 Å². The highest BCUT2D eigenvalue weighted by molar-refractivity contribution is 5.92. The summed E-state index contributed by atoms with van der Waals surface area (Å²) in [6, 6.07) is 0.310. The van der Waals surface area contributed by atoms with Gasteiger partial charge in [0.15, 0.2) is 0 Å². The summed E-state index contributed by atoms with van der Waals surface area (Å²) in [5.41, 5.74) is 0.422. The summed E-state index contributed by atoms with van der Waals surface area (Å²) >= 11 is 0. The van der Waals surface area contributed by atoms with Crippen molar-refractivity contribution in [2.45, 2.75) is 13.0 Å². The first kappa shape index (κ1) is 10.0. The molecule has 5 heteroatoms. The molecule has 1 fully saturated rings. The van der Waals surface area contributed by atoms with E-state index in [2.05, 4.69) is 15.3 Å². The van der Waals surface area contributed by atoms with Crippen LogP contribution >= 0.6 is 0 Å². The number of rotatable bonds is 3. The molecule has 0 spiro atoms. The lowest BCUT2D eigenvalue weighted by atomic mass is 10.1. The predicted molar refractivity (Wildman–Crippen MR) is 55.4 cm³/mol. The Labute approximate surface area is 88.5 Å². The van der Waals surface area contributed by atoms with E-state index >= 15 is 0 Å². The highest BCUT2D eigenvalue weighted by atomic mass is 16.2. The molecule has 0 saturated carbocycles. The summed E-state index contributed by atoms with van der Waals surface area (Å²) in [6.45, 7) is 4.44. The minimum absolute atomic E-state index is 0.0305. The van der Waals surface area contributed by atoms with Gasteiger partial charge >= 0.3 is 0 Å². The topological polar surface area (TPSA) is 58.1 Å². The Bertz CT molecular complexity index is 337. The second-order valence-corrected chi connectivity index (χ2v) is 3.49. The number of amides is 1. The van der Waals surface area contributed by atoms with Gasteiger partial charge < -0.3 is 10.2 Å². The van der Waals surface area contributed by atoms with Gasteiger partial charge in [-0.25, -0.2) is 4.98 Å². The van der Waals surface area contributed by atoms with Crippen molar-refractivity contribution >= 4 is 5.91 Å². The van der Waals surface area contributed by atoms with Crippen LogP contribution in [0, 0.1) is 0 Å². The number of hydrogen-bond acceptors (Lipinski definition) is 4. The van der Waals surface area contributed by atoms with Crippen molar-refractivity contribution in [2.75, 3.05) is 19.6 Å². The molecule has 0 bridgehead atoms. The Morgan fingerprint density at radius 1 is 1.60 bits per heavy atom. The van der Waals surface area contributed by atoms with E-state index in [-0.39, 0.29) is 5.91 Å². The maximum absolute atomic E-state index is 12.0. The highest BCUT2D eigenvalue weighted by Gasteiger charge is 2.28. The van der Waals surface area contributed by atoms with Gasteiger partial charge in [-0.15, -0.1) is 0 Å². The molecule has 2 rings (SSSR count). The molecule has 0 atom stereocenters. The van der Waals surface area contributed by atoms with Gasteiger partial charge in [0.25, 0.3) is 5.91 Å². The smallest absolute Gasteiger partial charge is 0.274 e. The largest absolute Gasteiger partial charge is 0.332 e. The lowest BCUT2D eigenvalue weighted by Gasteiger charge is -2.37. The van der Waals surface area contributed by atoms with Gasteiger partial charge in [-0.3, -0.25) is 9.78 Å². The molecule has 15 heavy (non-hydrogen) atoms. The molecule has 0 aliphatic carbocycles. The van der Waals surface area contributed by atoms with E-state index < -0.39 is 0 Å². The van der Waals surface area contributed by atoms with Gasteiger partial charge in [0.05, 0.1) is 12.2 Å². The van der Waals surface area contributed by atoms with Crippen molar-refractivity contribution in [3.8, 4) is 0 Å². The van der Waals surface area contributed by atoms with E-state index in [1.807, 2.05) is 11.8 Å². The number of carbonyl (C=O) groups excluding carboxylic acids is 1. The number of likely N-dealkylation sites (N-methyl/N-ethyl adjacent to an activating group) is 1. The summed E-state index contributed by atoms with van der Waals surface area (Å²) in [7, 11) is 0. The van der Waals surface area contributed by atoms with Crippen LogP contribution in [0.1, 0.15) is 17.4 Å². The normalized spacial score (nSPS) is 15.8. The third kappa shape index (κ3) is 1.97. The quantitative estimate of drug-likeness (QED) is 0.751. The maximum Gasteiger partial charge on any atom is 0.274 e. The minimum Gasteiger partial charge on any atom is -0.332 e. The third-order valence-corrected chi connectivity index (χ3v) is 2.58. The molecule has 0 aromatic carbocycles. The molecular weight excluding hydrogens is 192 g/mol. The third-order valence-electron chi connectivity index (χ3n) is 2.58. The van der Waals surface area contributed by atoms with Crippen molar-refractivity contribution < 1.29 is 4.79 Å². The van der Waals surface area contributed by atoms with Gasteiger partial charge in [-0.2, -0.15) is 0 Å². The van der Waals surface area contributed by atoms with Crippen LogP contribution < -0.4 is 5.32 Å².